The van der Waals surface area contributed by atoms with E-state index < -0.39 is 6.04 Å². The summed E-state index contributed by atoms with van der Waals surface area (Å²) in [5.74, 6) is -0.313. The molecule has 1 unspecified atom stereocenters. The van der Waals surface area contributed by atoms with Crippen molar-refractivity contribution in [1.82, 2.24) is 4.98 Å². The third-order valence-electron chi connectivity index (χ3n) is 2.57. The van der Waals surface area contributed by atoms with Gasteiger partial charge in [0.25, 0.3) is 0 Å². The van der Waals surface area contributed by atoms with Crippen molar-refractivity contribution in [3.8, 4) is 0 Å². The monoisotopic (exact) mass is 362 g/mol. The Bertz CT molecular complexity index is 587. The number of benzene rings is 1. The summed E-state index contributed by atoms with van der Waals surface area (Å²) in [6.07, 6.45) is 1.93. The van der Waals surface area contributed by atoms with Gasteiger partial charge >= 0.3 is 0 Å². The molecule has 1 atom stereocenters. The first-order chi connectivity index (χ1) is 8.95. The fourth-order valence-corrected chi connectivity index (χ4v) is 2.81. The summed E-state index contributed by atoms with van der Waals surface area (Å²) >= 11 is 15.1. The summed E-state index contributed by atoms with van der Waals surface area (Å²) in [4.78, 5) is 4.12. The van der Waals surface area contributed by atoms with E-state index in [2.05, 4.69) is 20.9 Å². The fraction of sp³-hybridized carbons (Fsp3) is 0.154. The number of pyridine rings is 1. The van der Waals surface area contributed by atoms with Crippen LogP contribution in [-0.4, -0.2) is 4.98 Å². The summed E-state index contributed by atoms with van der Waals surface area (Å²) in [6.45, 7) is 0. The van der Waals surface area contributed by atoms with E-state index in [9.17, 15) is 4.39 Å². The van der Waals surface area contributed by atoms with Gasteiger partial charge in [0.1, 0.15) is 5.82 Å². The topological polar surface area (TPSA) is 38.9 Å². The lowest BCUT2D eigenvalue weighted by atomic mass is 10.0. The van der Waals surface area contributed by atoms with Crippen molar-refractivity contribution < 1.29 is 4.39 Å². The standard InChI is InChI=1S/C13H10BrCl2FN2/c14-8-1-7(2-10(17)4-8)3-12(18)13-11(16)5-9(15)6-19-13/h1-2,4-6,12H,3,18H2. The zero-order valence-electron chi connectivity index (χ0n) is 9.71. The Hall–Kier alpha value is -0.680. The third-order valence-corrected chi connectivity index (χ3v) is 3.53. The molecule has 0 fully saturated rings. The average Bonchev–Trinajstić information content (AvgIpc) is 2.26. The molecule has 0 aliphatic carbocycles. The quantitative estimate of drug-likeness (QED) is 0.869. The molecule has 0 saturated carbocycles. The second kappa shape index (κ2) is 6.18. The van der Waals surface area contributed by atoms with Crippen molar-refractivity contribution in [3.05, 3.63) is 62.1 Å². The Balaban J connectivity index is 2.22. The normalized spacial score (nSPS) is 12.5. The number of hydrogen-bond donors (Lipinski definition) is 1. The molecule has 1 aromatic carbocycles. The van der Waals surface area contributed by atoms with E-state index >= 15 is 0 Å². The van der Waals surface area contributed by atoms with Crippen LogP contribution in [-0.2, 0) is 6.42 Å². The first-order valence-electron chi connectivity index (χ1n) is 5.47. The van der Waals surface area contributed by atoms with Gasteiger partial charge in [-0.25, -0.2) is 4.39 Å². The molecule has 0 aliphatic rings. The zero-order chi connectivity index (χ0) is 14.0. The van der Waals surface area contributed by atoms with Crippen molar-refractivity contribution in [2.24, 2.45) is 5.73 Å². The number of nitrogens with two attached hydrogens (primary N) is 1. The van der Waals surface area contributed by atoms with Crippen LogP contribution in [0.1, 0.15) is 17.3 Å². The predicted molar refractivity (Wildman–Crippen MR) is 79.0 cm³/mol. The van der Waals surface area contributed by atoms with Crippen LogP contribution in [0.25, 0.3) is 0 Å². The molecule has 19 heavy (non-hydrogen) atoms. The van der Waals surface area contributed by atoms with Crippen LogP contribution in [0.15, 0.2) is 34.9 Å². The highest BCUT2D eigenvalue weighted by Gasteiger charge is 2.14. The maximum absolute atomic E-state index is 13.3. The predicted octanol–water partition coefficient (Wildman–Crippen LogP) is 4.53. The second-order valence-electron chi connectivity index (χ2n) is 4.11. The van der Waals surface area contributed by atoms with Gasteiger partial charge < -0.3 is 5.73 Å². The molecule has 2 aromatic rings. The molecule has 2 rings (SSSR count). The summed E-state index contributed by atoms with van der Waals surface area (Å²) in [5, 5.41) is 0.866. The fourth-order valence-electron chi connectivity index (χ4n) is 1.78. The van der Waals surface area contributed by atoms with E-state index in [0.29, 0.717) is 26.6 Å². The molecule has 0 amide bonds. The van der Waals surface area contributed by atoms with Gasteiger partial charge in [0.2, 0.25) is 0 Å². The Morgan fingerprint density at radius 2 is 2.00 bits per heavy atom. The van der Waals surface area contributed by atoms with Gasteiger partial charge in [-0.15, -0.1) is 0 Å². The SMILES string of the molecule is NC(Cc1cc(F)cc(Br)c1)c1ncc(Cl)cc1Cl. The van der Waals surface area contributed by atoms with E-state index in [0.717, 1.165) is 5.56 Å². The molecule has 1 heterocycles. The van der Waals surface area contributed by atoms with Gasteiger partial charge in [-0.2, -0.15) is 0 Å². The van der Waals surface area contributed by atoms with Crippen LogP contribution in [0.4, 0.5) is 4.39 Å². The Labute approximate surface area is 128 Å². The molecule has 0 aliphatic heterocycles. The number of nitrogens with zero attached hydrogens (tertiary/aromatic N) is 1. The van der Waals surface area contributed by atoms with Crippen LogP contribution < -0.4 is 5.73 Å². The number of halogens is 4. The van der Waals surface area contributed by atoms with Gasteiger partial charge in [0.05, 0.1) is 21.8 Å². The lowest BCUT2D eigenvalue weighted by molar-refractivity contribution is 0.620. The van der Waals surface area contributed by atoms with Crippen LogP contribution in [0.5, 0.6) is 0 Å². The molecule has 6 heteroatoms. The van der Waals surface area contributed by atoms with Crippen molar-refractivity contribution in [2.75, 3.05) is 0 Å². The zero-order valence-corrected chi connectivity index (χ0v) is 12.8. The molecular formula is C13H10BrCl2FN2. The average molecular weight is 364 g/mol. The lowest BCUT2D eigenvalue weighted by Gasteiger charge is -2.13. The first-order valence-corrected chi connectivity index (χ1v) is 7.02. The van der Waals surface area contributed by atoms with Crippen molar-refractivity contribution in [1.29, 1.82) is 0 Å². The van der Waals surface area contributed by atoms with Gasteiger partial charge in [-0.05, 0) is 36.2 Å². The highest BCUT2D eigenvalue weighted by Crippen LogP contribution is 2.25. The van der Waals surface area contributed by atoms with Crippen molar-refractivity contribution in [2.45, 2.75) is 12.5 Å². The lowest BCUT2D eigenvalue weighted by Crippen LogP contribution is -2.15. The Morgan fingerprint density at radius 3 is 2.63 bits per heavy atom. The highest BCUT2D eigenvalue weighted by molar-refractivity contribution is 9.10. The minimum absolute atomic E-state index is 0.313. The number of rotatable bonds is 3. The van der Waals surface area contributed by atoms with E-state index in [1.807, 2.05) is 6.07 Å². The molecular weight excluding hydrogens is 354 g/mol. The molecule has 2 nitrogen and oxygen atoms in total. The smallest absolute Gasteiger partial charge is 0.124 e. The van der Waals surface area contributed by atoms with Crippen LogP contribution >= 0.6 is 39.1 Å². The van der Waals surface area contributed by atoms with Gasteiger partial charge in [-0.3, -0.25) is 4.98 Å². The molecule has 100 valence electrons. The van der Waals surface area contributed by atoms with E-state index in [4.69, 9.17) is 28.9 Å². The van der Waals surface area contributed by atoms with Gasteiger partial charge in [0, 0.05) is 10.7 Å². The first kappa shape index (κ1) is 14.7. The second-order valence-corrected chi connectivity index (χ2v) is 5.87. The van der Waals surface area contributed by atoms with Crippen LogP contribution in [0.2, 0.25) is 10.0 Å². The van der Waals surface area contributed by atoms with E-state index in [1.54, 1.807) is 6.07 Å². The summed E-state index contributed by atoms with van der Waals surface area (Å²) in [7, 11) is 0. The van der Waals surface area contributed by atoms with Crippen LogP contribution in [0.3, 0.4) is 0 Å². The molecule has 2 N–H and O–H groups in total. The maximum Gasteiger partial charge on any atom is 0.124 e. The van der Waals surface area contributed by atoms with E-state index in [1.165, 1.54) is 18.3 Å². The molecule has 0 saturated heterocycles. The Kier molecular flexibility index (Phi) is 4.79. The molecule has 0 bridgehead atoms. The van der Waals surface area contributed by atoms with Gasteiger partial charge in [0.15, 0.2) is 0 Å². The minimum Gasteiger partial charge on any atom is -0.322 e. The molecule has 0 spiro atoms. The highest BCUT2D eigenvalue weighted by atomic mass is 79.9. The molecule has 1 aromatic heterocycles. The van der Waals surface area contributed by atoms with Crippen LogP contribution in [0, 0.1) is 5.82 Å². The Morgan fingerprint density at radius 1 is 1.26 bits per heavy atom. The summed E-state index contributed by atoms with van der Waals surface area (Å²) < 4.78 is 14.0. The largest absolute Gasteiger partial charge is 0.322 e. The van der Waals surface area contributed by atoms with Gasteiger partial charge in [-0.1, -0.05) is 39.1 Å². The number of aromatic nitrogens is 1. The minimum atomic E-state index is -0.418. The number of hydrogen-bond acceptors (Lipinski definition) is 2. The summed E-state index contributed by atoms with van der Waals surface area (Å²) in [6, 6.07) is 5.81. The molecule has 0 radical (unpaired) electrons. The van der Waals surface area contributed by atoms with Crippen molar-refractivity contribution in [3.63, 3.8) is 0 Å². The third kappa shape index (κ3) is 3.89. The van der Waals surface area contributed by atoms with E-state index in [-0.39, 0.29) is 5.82 Å². The van der Waals surface area contributed by atoms with Crippen molar-refractivity contribution >= 4 is 39.1 Å². The maximum atomic E-state index is 13.3. The summed E-state index contributed by atoms with van der Waals surface area (Å²) in [5.41, 5.74) is 7.37.